The molecule has 0 bridgehead atoms. The summed E-state index contributed by atoms with van der Waals surface area (Å²) in [5.74, 6) is -2.41. The first kappa shape index (κ1) is 24.2. The predicted molar refractivity (Wildman–Crippen MR) is 130 cm³/mol. The predicted octanol–water partition coefficient (Wildman–Crippen LogP) is 3.37. The zero-order valence-corrected chi connectivity index (χ0v) is 20.3. The van der Waals surface area contributed by atoms with E-state index in [0.717, 1.165) is 6.07 Å². The normalized spacial score (nSPS) is 28.4. The molecule has 5 atom stereocenters. The van der Waals surface area contributed by atoms with E-state index in [0.29, 0.717) is 43.3 Å². The van der Waals surface area contributed by atoms with Crippen LogP contribution in [-0.4, -0.2) is 57.3 Å². The lowest BCUT2D eigenvalue weighted by Gasteiger charge is -2.48. The smallest absolute Gasteiger partial charge is 0.228 e. The summed E-state index contributed by atoms with van der Waals surface area (Å²) >= 11 is 0. The molecule has 5 rings (SSSR count). The largest absolute Gasteiger partial charge is 0.383 e. The maximum atomic E-state index is 14.9. The average molecular weight is 494 g/mol. The molecule has 0 aliphatic carbocycles. The Hall–Kier alpha value is -3.46. The Balaban J connectivity index is 1.43. The Bertz CT molecular complexity index is 1220. The van der Waals surface area contributed by atoms with Crippen LogP contribution in [0.1, 0.15) is 31.0 Å². The van der Waals surface area contributed by atoms with Crippen LogP contribution in [-0.2, 0) is 10.4 Å². The maximum absolute atomic E-state index is 14.9. The van der Waals surface area contributed by atoms with Crippen LogP contribution in [0.25, 0.3) is 0 Å². The molecule has 1 amide bonds. The van der Waals surface area contributed by atoms with E-state index in [1.54, 1.807) is 35.5 Å². The first-order valence-electron chi connectivity index (χ1n) is 12.2. The van der Waals surface area contributed by atoms with E-state index in [4.69, 9.17) is 0 Å². The van der Waals surface area contributed by atoms with Gasteiger partial charge in [0.25, 0.3) is 0 Å². The molecule has 7 nitrogen and oxygen atoms in total. The van der Waals surface area contributed by atoms with Crippen LogP contribution >= 0.6 is 0 Å². The summed E-state index contributed by atoms with van der Waals surface area (Å²) in [5, 5.41) is 19.7. The Morgan fingerprint density at radius 3 is 2.42 bits per heavy atom. The van der Waals surface area contributed by atoms with Gasteiger partial charge in [-0.25, -0.2) is 8.78 Å². The molecule has 2 aromatic heterocycles. The lowest BCUT2D eigenvalue weighted by molar-refractivity contribution is -0.153. The number of hydrogen-bond acceptors (Lipinski definition) is 6. The number of piperidine rings is 1. The van der Waals surface area contributed by atoms with Gasteiger partial charge in [0.05, 0.1) is 11.6 Å². The van der Waals surface area contributed by atoms with Crippen LogP contribution in [0.3, 0.4) is 0 Å². The summed E-state index contributed by atoms with van der Waals surface area (Å²) < 4.78 is 28.5. The highest BCUT2D eigenvalue weighted by atomic mass is 19.1. The molecule has 2 fully saturated rings. The number of anilines is 1. The van der Waals surface area contributed by atoms with E-state index in [2.05, 4.69) is 15.2 Å². The van der Waals surface area contributed by atoms with Crippen molar-refractivity contribution in [3.63, 3.8) is 0 Å². The van der Waals surface area contributed by atoms with Crippen molar-refractivity contribution in [2.75, 3.05) is 31.1 Å². The summed E-state index contributed by atoms with van der Waals surface area (Å²) in [7, 11) is 0. The van der Waals surface area contributed by atoms with E-state index in [1.807, 2.05) is 30.9 Å². The summed E-state index contributed by atoms with van der Waals surface area (Å²) in [4.78, 5) is 22.0. The highest BCUT2D eigenvalue weighted by molar-refractivity contribution is 5.82. The molecule has 0 unspecified atom stereocenters. The molecule has 0 spiro atoms. The first-order valence-corrected chi connectivity index (χ1v) is 12.2. The lowest BCUT2D eigenvalue weighted by Crippen LogP contribution is -2.57. The molecule has 3 aromatic rings. The van der Waals surface area contributed by atoms with Crippen molar-refractivity contribution in [1.82, 2.24) is 20.1 Å². The third-order valence-electron chi connectivity index (χ3n) is 7.76. The van der Waals surface area contributed by atoms with Gasteiger partial charge in [0, 0.05) is 62.4 Å². The van der Waals surface area contributed by atoms with Crippen molar-refractivity contribution < 1.29 is 18.7 Å². The molecule has 0 saturated carbocycles. The highest BCUT2D eigenvalue weighted by Crippen LogP contribution is 2.42. The van der Waals surface area contributed by atoms with Crippen LogP contribution < -0.4 is 4.90 Å². The molecule has 36 heavy (non-hydrogen) atoms. The number of aliphatic hydroxyl groups is 1. The second-order valence-corrected chi connectivity index (χ2v) is 9.95. The third kappa shape index (κ3) is 4.21. The number of benzene rings is 1. The fraction of sp³-hybridized carbons (Fsp3) is 0.407. The van der Waals surface area contributed by atoms with Crippen LogP contribution in [0.5, 0.6) is 0 Å². The molecule has 4 heterocycles. The second-order valence-electron chi connectivity index (χ2n) is 9.95. The van der Waals surface area contributed by atoms with E-state index >= 15 is 0 Å². The molecule has 1 N–H and O–H groups in total. The maximum Gasteiger partial charge on any atom is 0.228 e. The Morgan fingerprint density at radius 1 is 1.00 bits per heavy atom. The summed E-state index contributed by atoms with van der Waals surface area (Å²) in [6, 6.07) is 12.5. The van der Waals surface area contributed by atoms with Crippen molar-refractivity contribution in [2.45, 2.75) is 25.4 Å². The van der Waals surface area contributed by atoms with Gasteiger partial charge in [-0.2, -0.15) is 5.10 Å². The monoisotopic (exact) mass is 493 g/mol. The van der Waals surface area contributed by atoms with Gasteiger partial charge in [0.2, 0.25) is 5.91 Å². The molecule has 0 radical (unpaired) electrons. The van der Waals surface area contributed by atoms with Gasteiger partial charge >= 0.3 is 0 Å². The molecular weight excluding hydrogens is 464 g/mol. The minimum atomic E-state index is -1.16. The van der Waals surface area contributed by atoms with Crippen molar-refractivity contribution in [2.24, 2.45) is 17.8 Å². The summed E-state index contributed by atoms with van der Waals surface area (Å²) in [5.41, 5.74) is -0.260. The van der Waals surface area contributed by atoms with E-state index in [1.165, 1.54) is 12.1 Å². The molecule has 9 heteroatoms. The zero-order valence-electron chi connectivity index (χ0n) is 20.3. The second kappa shape index (κ2) is 9.54. The Kier molecular flexibility index (Phi) is 6.42. The van der Waals surface area contributed by atoms with Crippen LogP contribution in [0.2, 0.25) is 0 Å². The number of halogens is 2. The van der Waals surface area contributed by atoms with Gasteiger partial charge in [-0.1, -0.05) is 26.0 Å². The van der Waals surface area contributed by atoms with E-state index in [9.17, 15) is 18.7 Å². The van der Waals surface area contributed by atoms with Gasteiger partial charge in [-0.3, -0.25) is 9.78 Å². The minimum Gasteiger partial charge on any atom is -0.383 e. The standard InChI is InChI=1S/C27H29F2N5O2/c1-17-13-34(14-18(2)27(17,36)24-6-3-4-10-30-24)26(35)22-16-33(25-7-5-11-31-32-25)15-21(22)20-9-8-19(28)12-23(20)29/h3-12,17-18,21-22,36H,13-16H2,1-2H3/t17-,18+,21-,22+,27-/m0/s1. The number of aromatic nitrogens is 3. The fourth-order valence-corrected chi connectivity index (χ4v) is 5.84. The van der Waals surface area contributed by atoms with Gasteiger partial charge < -0.3 is 14.9 Å². The number of rotatable bonds is 4. The molecule has 2 aliphatic rings. The van der Waals surface area contributed by atoms with Gasteiger partial charge in [0.15, 0.2) is 5.82 Å². The van der Waals surface area contributed by atoms with Crippen molar-refractivity contribution in [1.29, 1.82) is 0 Å². The van der Waals surface area contributed by atoms with Crippen molar-refractivity contribution in [3.05, 3.63) is 83.8 Å². The van der Waals surface area contributed by atoms with Gasteiger partial charge in [-0.05, 0) is 35.9 Å². The van der Waals surface area contributed by atoms with Crippen molar-refractivity contribution in [3.8, 4) is 0 Å². The van der Waals surface area contributed by atoms with Gasteiger partial charge in [-0.15, -0.1) is 5.10 Å². The topological polar surface area (TPSA) is 82.5 Å². The molecule has 2 aliphatic heterocycles. The Morgan fingerprint density at radius 2 is 1.78 bits per heavy atom. The van der Waals surface area contributed by atoms with Crippen LogP contribution in [0.15, 0.2) is 60.9 Å². The molecular formula is C27H29F2N5O2. The zero-order chi connectivity index (χ0) is 25.4. The number of likely N-dealkylation sites (tertiary alicyclic amines) is 1. The average Bonchev–Trinajstić information content (AvgIpc) is 3.32. The fourth-order valence-electron chi connectivity index (χ4n) is 5.84. The molecule has 2 saturated heterocycles. The summed E-state index contributed by atoms with van der Waals surface area (Å²) in [6.07, 6.45) is 3.23. The third-order valence-corrected chi connectivity index (χ3v) is 7.76. The number of pyridine rings is 1. The SMILES string of the molecule is C[C@@H]1CN(C(=O)[C@@H]2CN(c3cccnn3)C[C@H]2c2ccc(F)cc2F)C[C@H](C)[C@@]1(O)c1ccccn1. The number of carbonyl (C=O) groups is 1. The number of hydrogen-bond donors (Lipinski definition) is 1. The van der Waals surface area contributed by atoms with Crippen molar-refractivity contribution >= 4 is 11.7 Å². The first-order chi connectivity index (χ1) is 17.3. The van der Waals surface area contributed by atoms with E-state index in [-0.39, 0.29) is 17.7 Å². The quantitative estimate of drug-likeness (QED) is 0.600. The minimum absolute atomic E-state index is 0.114. The van der Waals surface area contributed by atoms with E-state index < -0.39 is 29.1 Å². The van der Waals surface area contributed by atoms with Crippen LogP contribution in [0.4, 0.5) is 14.6 Å². The highest BCUT2D eigenvalue weighted by Gasteiger charge is 2.50. The lowest BCUT2D eigenvalue weighted by atomic mass is 9.72. The number of carbonyl (C=O) groups excluding carboxylic acids is 1. The summed E-state index contributed by atoms with van der Waals surface area (Å²) in [6.45, 7) is 5.22. The van der Waals surface area contributed by atoms with Gasteiger partial charge in [0.1, 0.15) is 17.2 Å². The molecule has 188 valence electrons. The Labute approximate surface area is 208 Å². The number of amides is 1. The number of nitrogens with zero attached hydrogens (tertiary/aromatic N) is 5. The van der Waals surface area contributed by atoms with Crippen LogP contribution in [0, 0.1) is 29.4 Å². The molecule has 1 aromatic carbocycles.